The normalized spacial score (nSPS) is 15.7. The van der Waals surface area contributed by atoms with Gasteiger partial charge in [-0.15, -0.1) is 0 Å². The highest BCUT2D eigenvalue weighted by atomic mass is 16.7. The first-order valence-corrected chi connectivity index (χ1v) is 9.83. The summed E-state index contributed by atoms with van der Waals surface area (Å²) in [6.45, 7) is 10.5. The zero-order valence-corrected chi connectivity index (χ0v) is 17.7. The number of benzene rings is 2. The van der Waals surface area contributed by atoms with Crippen LogP contribution in [0.25, 0.3) is 0 Å². The third-order valence-corrected chi connectivity index (χ3v) is 4.44. The molecule has 1 heterocycles. The van der Waals surface area contributed by atoms with Gasteiger partial charge in [0.2, 0.25) is 5.79 Å². The molecule has 0 aliphatic carbocycles. The zero-order chi connectivity index (χ0) is 21.2. The lowest BCUT2D eigenvalue weighted by atomic mass is 9.95. The molecule has 0 fully saturated rings. The molecule has 2 N–H and O–H groups in total. The van der Waals surface area contributed by atoms with Gasteiger partial charge in [0.1, 0.15) is 0 Å². The smallest absolute Gasteiger partial charge is 0.321 e. The van der Waals surface area contributed by atoms with E-state index < -0.39 is 11.9 Å². The maximum atomic E-state index is 13.0. The Hall–Kier alpha value is -2.73. The molecule has 2 amide bonds. The second kappa shape index (κ2) is 7.95. The van der Waals surface area contributed by atoms with E-state index in [4.69, 9.17) is 9.47 Å². The van der Waals surface area contributed by atoms with E-state index in [1.165, 1.54) is 0 Å². The zero-order valence-electron chi connectivity index (χ0n) is 17.7. The molecule has 0 bridgehead atoms. The molecule has 0 saturated carbocycles. The van der Waals surface area contributed by atoms with Crippen LogP contribution < -0.4 is 14.8 Å². The van der Waals surface area contributed by atoms with Gasteiger partial charge >= 0.3 is 6.03 Å². The van der Waals surface area contributed by atoms with Crippen LogP contribution >= 0.6 is 0 Å². The van der Waals surface area contributed by atoms with Gasteiger partial charge in [0.15, 0.2) is 11.5 Å². The van der Waals surface area contributed by atoms with E-state index >= 15 is 0 Å². The fraction of sp³-hybridized carbons (Fsp3) is 0.435. The molecule has 6 nitrogen and oxygen atoms in total. The molecule has 0 radical (unpaired) electrons. The number of urea groups is 1. The Kier molecular flexibility index (Phi) is 5.75. The molecular formula is C23H30N2O4. The van der Waals surface area contributed by atoms with Crippen LogP contribution in [0.2, 0.25) is 0 Å². The number of carbonyl (C=O) groups is 1. The molecule has 156 valence electrons. The van der Waals surface area contributed by atoms with E-state index in [2.05, 4.69) is 26.1 Å². The Morgan fingerprint density at radius 2 is 1.76 bits per heavy atom. The van der Waals surface area contributed by atoms with Crippen LogP contribution in [0.3, 0.4) is 0 Å². The van der Waals surface area contributed by atoms with Crippen LogP contribution in [0.1, 0.15) is 46.3 Å². The Morgan fingerprint density at radius 1 is 1.10 bits per heavy atom. The van der Waals surface area contributed by atoms with Gasteiger partial charge in [-0.2, -0.15) is 0 Å². The fourth-order valence-electron chi connectivity index (χ4n) is 3.28. The number of anilines is 1. The van der Waals surface area contributed by atoms with Gasteiger partial charge in [-0.3, -0.25) is 0 Å². The fourth-order valence-corrected chi connectivity index (χ4v) is 3.28. The average Bonchev–Trinajstić information content (AvgIpc) is 2.93. The van der Waals surface area contributed by atoms with Crippen molar-refractivity contribution in [1.29, 1.82) is 0 Å². The minimum atomic E-state index is -0.762. The van der Waals surface area contributed by atoms with Gasteiger partial charge in [-0.05, 0) is 23.1 Å². The summed E-state index contributed by atoms with van der Waals surface area (Å²) in [4.78, 5) is 14.7. The number of hydrogen-bond acceptors (Lipinski definition) is 4. The second-order valence-electron chi connectivity index (χ2n) is 9.06. The first-order chi connectivity index (χ1) is 13.5. The van der Waals surface area contributed by atoms with Crippen LogP contribution in [0.5, 0.6) is 11.5 Å². The van der Waals surface area contributed by atoms with Gasteiger partial charge in [-0.1, -0.05) is 51.1 Å². The number of fused-ring (bicyclic) bond motifs is 1. The molecule has 3 rings (SSSR count). The maximum absolute atomic E-state index is 13.0. The first-order valence-electron chi connectivity index (χ1n) is 9.83. The minimum Gasteiger partial charge on any atom is -0.449 e. The summed E-state index contributed by atoms with van der Waals surface area (Å²) < 4.78 is 11.4. The van der Waals surface area contributed by atoms with Crippen LogP contribution in [-0.4, -0.2) is 34.9 Å². The van der Waals surface area contributed by atoms with Crippen LogP contribution in [0.15, 0.2) is 48.5 Å². The summed E-state index contributed by atoms with van der Waals surface area (Å²) in [6.07, 6.45) is -0.762. The number of rotatable bonds is 5. The highest BCUT2D eigenvalue weighted by Gasteiger charge is 2.32. The maximum Gasteiger partial charge on any atom is 0.321 e. The van der Waals surface area contributed by atoms with Crippen molar-refractivity contribution >= 4 is 11.7 Å². The molecule has 0 spiro atoms. The summed E-state index contributed by atoms with van der Waals surface area (Å²) in [6, 6.07) is 14.4. The summed E-state index contributed by atoms with van der Waals surface area (Å²) in [5.41, 5.74) is 1.28. The predicted octanol–water partition coefficient (Wildman–Crippen LogP) is 4.81. The van der Waals surface area contributed by atoms with E-state index in [-0.39, 0.29) is 18.0 Å². The minimum absolute atomic E-state index is 0.118. The van der Waals surface area contributed by atoms with Gasteiger partial charge in [0.25, 0.3) is 0 Å². The van der Waals surface area contributed by atoms with Gasteiger partial charge < -0.3 is 24.8 Å². The SMILES string of the molecule is CC(C)(C)CN(C[C@H](O)c1ccccc1)C(=O)Nc1ccc2c(c1)OC(C)(C)O2. The summed E-state index contributed by atoms with van der Waals surface area (Å²) >= 11 is 0. The van der Waals surface area contributed by atoms with E-state index in [9.17, 15) is 9.90 Å². The van der Waals surface area contributed by atoms with Crippen molar-refractivity contribution in [2.45, 2.75) is 46.5 Å². The number of carbonyl (C=O) groups excluding carboxylic acids is 1. The lowest BCUT2D eigenvalue weighted by molar-refractivity contribution is -0.0431. The third kappa shape index (κ3) is 5.64. The van der Waals surface area contributed by atoms with Crippen molar-refractivity contribution in [3.05, 3.63) is 54.1 Å². The highest BCUT2D eigenvalue weighted by Crippen LogP contribution is 2.40. The highest BCUT2D eigenvalue weighted by molar-refractivity contribution is 5.89. The molecule has 1 aliphatic rings. The molecule has 29 heavy (non-hydrogen) atoms. The Morgan fingerprint density at radius 3 is 2.41 bits per heavy atom. The summed E-state index contributed by atoms with van der Waals surface area (Å²) in [7, 11) is 0. The molecule has 2 aromatic rings. The van der Waals surface area contributed by atoms with Crippen molar-refractivity contribution < 1.29 is 19.4 Å². The van der Waals surface area contributed by atoms with Crippen molar-refractivity contribution in [2.75, 3.05) is 18.4 Å². The number of aliphatic hydroxyl groups excluding tert-OH is 1. The lowest BCUT2D eigenvalue weighted by Gasteiger charge is -2.31. The van der Waals surface area contributed by atoms with Gasteiger partial charge in [0.05, 0.1) is 12.6 Å². The number of amides is 2. The standard InChI is InChI=1S/C23H30N2O4/c1-22(2,3)15-25(14-18(26)16-9-7-6-8-10-16)21(27)24-17-11-12-19-20(13-17)29-23(4,5)28-19/h6-13,18,26H,14-15H2,1-5H3,(H,24,27)/t18-/m0/s1. The monoisotopic (exact) mass is 398 g/mol. The van der Waals surface area contributed by atoms with Crippen molar-refractivity contribution in [1.82, 2.24) is 4.90 Å². The molecule has 2 aromatic carbocycles. The van der Waals surface area contributed by atoms with E-state index in [1.54, 1.807) is 23.1 Å². The molecule has 1 atom stereocenters. The van der Waals surface area contributed by atoms with E-state index in [0.29, 0.717) is 23.7 Å². The van der Waals surface area contributed by atoms with E-state index in [1.807, 2.05) is 44.2 Å². The van der Waals surface area contributed by atoms with Crippen molar-refractivity contribution in [3.8, 4) is 11.5 Å². The molecule has 6 heteroatoms. The van der Waals surface area contributed by atoms with Crippen molar-refractivity contribution in [2.24, 2.45) is 5.41 Å². The summed E-state index contributed by atoms with van der Waals surface area (Å²) in [5, 5.41) is 13.5. The number of nitrogens with zero attached hydrogens (tertiary/aromatic N) is 1. The lowest BCUT2D eigenvalue weighted by Crippen LogP contribution is -2.42. The Bertz CT molecular complexity index is 859. The second-order valence-corrected chi connectivity index (χ2v) is 9.06. The van der Waals surface area contributed by atoms with Gasteiger partial charge in [0, 0.05) is 32.1 Å². The van der Waals surface area contributed by atoms with E-state index in [0.717, 1.165) is 5.56 Å². The van der Waals surface area contributed by atoms with Crippen LogP contribution in [0.4, 0.5) is 10.5 Å². The topological polar surface area (TPSA) is 71.0 Å². The number of ether oxygens (including phenoxy) is 2. The van der Waals surface area contributed by atoms with Crippen LogP contribution in [-0.2, 0) is 0 Å². The van der Waals surface area contributed by atoms with Gasteiger partial charge in [-0.25, -0.2) is 4.79 Å². The third-order valence-electron chi connectivity index (χ3n) is 4.44. The predicted molar refractivity (Wildman–Crippen MR) is 113 cm³/mol. The number of hydrogen-bond donors (Lipinski definition) is 2. The summed E-state index contributed by atoms with van der Waals surface area (Å²) in [5.74, 6) is 0.529. The average molecular weight is 399 g/mol. The molecule has 1 aliphatic heterocycles. The molecule has 0 saturated heterocycles. The van der Waals surface area contributed by atoms with Crippen LogP contribution in [0, 0.1) is 5.41 Å². The molecule has 0 unspecified atom stereocenters. The molecular weight excluding hydrogens is 368 g/mol. The first kappa shape index (κ1) is 21.0. The number of nitrogens with one attached hydrogen (secondary N) is 1. The Balaban J connectivity index is 1.73. The quantitative estimate of drug-likeness (QED) is 0.758. The molecule has 0 aromatic heterocycles. The van der Waals surface area contributed by atoms with Crippen molar-refractivity contribution in [3.63, 3.8) is 0 Å². The number of aliphatic hydroxyl groups is 1. The largest absolute Gasteiger partial charge is 0.449 e. The Labute approximate surface area is 172 Å².